The number of benzene rings is 1. The Labute approximate surface area is 189 Å². The number of carbonyl (C=O) groups is 1. The van der Waals surface area contributed by atoms with Crippen molar-refractivity contribution in [3.05, 3.63) is 57.3 Å². The van der Waals surface area contributed by atoms with E-state index in [1.165, 1.54) is 12.3 Å². The lowest BCUT2D eigenvalue weighted by Crippen LogP contribution is -2.71. The van der Waals surface area contributed by atoms with E-state index in [0.717, 1.165) is 11.1 Å². The highest BCUT2D eigenvalue weighted by Gasteiger charge is 2.71. The van der Waals surface area contributed by atoms with Crippen molar-refractivity contribution in [1.82, 2.24) is 4.98 Å². The third-order valence-corrected chi connectivity index (χ3v) is 7.16. The van der Waals surface area contributed by atoms with Gasteiger partial charge in [0.15, 0.2) is 5.78 Å². The molecular formula is C22H21Cl2N3O4. The van der Waals surface area contributed by atoms with Crippen LogP contribution in [0.5, 0.6) is 5.75 Å². The fraction of sp³-hybridized carbons (Fsp3) is 0.409. The molecule has 7 nitrogen and oxygen atoms in total. The van der Waals surface area contributed by atoms with Gasteiger partial charge in [-0.05, 0) is 37.6 Å². The second kappa shape index (κ2) is 6.82. The van der Waals surface area contributed by atoms with Crippen molar-refractivity contribution in [2.24, 2.45) is 16.1 Å². The summed E-state index contributed by atoms with van der Waals surface area (Å²) in [5.41, 5.74) is 6.06. The molecule has 0 bridgehead atoms. The average molecular weight is 462 g/mol. The van der Waals surface area contributed by atoms with E-state index in [1.54, 1.807) is 0 Å². The predicted molar refractivity (Wildman–Crippen MR) is 116 cm³/mol. The Bertz CT molecular complexity index is 1130. The first kappa shape index (κ1) is 20.5. The van der Waals surface area contributed by atoms with E-state index < -0.39 is 16.6 Å². The minimum Gasteiger partial charge on any atom is -0.487 e. The van der Waals surface area contributed by atoms with E-state index in [-0.39, 0.29) is 28.9 Å². The van der Waals surface area contributed by atoms with Gasteiger partial charge in [0.1, 0.15) is 29.2 Å². The molecule has 31 heavy (non-hydrogen) atoms. The summed E-state index contributed by atoms with van der Waals surface area (Å²) >= 11 is 12.1. The van der Waals surface area contributed by atoms with Gasteiger partial charge in [0.25, 0.3) is 6.02 Å². The number of nitrogens with two attached hydrogens (primary N) is 1. The van der Waals surface area contributed by atoms with Crippen LogP contribution >= 0.6 is 23.2 Å². The Balaban J connectivity index is 1.56. The molecule has 1 fully saturated rings. The van der Waals surface area contributed by atoms with Crippen molar-refractivity contribution in [3.63, 3.8) is 0 Å². The molecule has 3 aliphatic rings. The second-order valence-electron chi connectivity index (χ2n) is 8.70. The number of ether oxygens (including phenoxy) is 3. The lowest BCUT2D eigenvalue weighted by molar-refractivity contribution is -0.247. The first-order valence-corrected chi connectivity index (χ1v) is 10.7. The number of ketones is 1. The van der Waals surface area contributed by atoms with Crippen molar-refractivity contribution in [3.8, 4) is 5.75 Å². The number of nitrogens with zero attached hydrogens (tertiary/aromatic N) is 2. The minimum atomic E-state index is -0.748. The van der Waals surface area contributed by atoms with Crippen LogP contribution in [0.4, 0.5) is 0 Å². The molecule has 2 aromatic rings. The zero-order valence-electron chi connectivity index (χ0n) is 17.1. The molecule has 0 radical (unpaired) electrons. The van der Waals surface area contributed by atoms with Crippen molar-refractivity contribution >= 4 is 35.0 Å². The van der Waals surface area contributed by atoms with E-state index >= 15 is 0 Å². The summed E-state index contributed by atoms with van der Waals surface area (Å²) in [6, 6.07) is 7.33. The van der Waals surface area contributed by atoms with Gasteiger partial charge in [-0.2, -0.15) is 0 Å². The number of Topliss-reactive ketones (excluding diaryl/α,β-unsaturated/α-hetero) is 1. The molecule has 5 rings (SSSR count). The molecule has 2 spiro atoms. The first-order valence-electron chi connectivity index (χ1n) is 9.90. The SMILES string of the molecule is CC1(C)Oc2ccc(CC(=O)c3ncc(Cl)cc3Cl)cc2C2(COC(N)=N2)C12COC2. The monoisotopic (exact) mass is 461 g/mol. The van der Waals surface area contributed by atoms with Crippen LogP contribution in [-0.4, -0.2) is 42.2 Å². The van der Waals surface area contributed by atoms with Crippen molar-refractivity contribution in [2.75, 3.05) is 19.8 Å². The molecule has 1 aromatic carbocycles. The summed E-state index contributed by atoms with van der Waals surface area (Å²) in [6.45, 7) is 5.33. The molecule has 0 amide bonds. The van der Waals surface area contributed by atoms with E-state index in [2.05, 4.69) is 4.98 Å². The van der Waals surface area contributed by atoms with Gasteiger partial charge in [-0.15, -0.1) is 0 Å². The summed E-state index contributed by atoms with van der Waals surface area (Å²) < 4.78 is 17.7. The third kappa shape index (κ3) is 2.87. The highest BCUT2D eigenvalue weighted by atomic mass is 35.5. The minimum absolute atomic E-state index is 0.116. The highest BCUT2D eigenvalue weighted by molar-refractivity contribution is 6.36. The molecule has 1 atom stereocenters. The normalized spacial score (nSPS) is 24.7. The molecule has 9 heteroatoms. The lowest BCUT2D eigenvalue weighted by Gasteiger charge is -2.61. The molecule has 3 aliphatic heterocycles. The maximum absolute atomic E-state index is 12.9. The Morgan fingerprint density at radius 2 is 1.97 bits per heavy atom. The number of rotatable bonds is 3. The smallest absolute Gasteiger partial charge is 0.283 e. The fourth-order valence-electron chi connectivity index (χ4n) is 4.82. The zero-order valence-corrected chi connectivity index (χ0v) is 18.6. The molecular weight excluding hydrogens is 441 g/mol. The number of amidine groups is 1. The van der Waals surface area contributed by atoms with Gasteiger partial charge in [0.2, 0.25) is 0 Å². The third-order valence-electron chi connectivity index (χ3n) is 6.66. The largest absolute Gasteiger partial charge is 0.487 e. The molecule has 1 unspecified atom stereocenters. The van der Waals surface area contributed by atoms with Crippen LogP contribution in [0.25, 0.3) is 0 Å². The zero-order chi connectivity index (χ0) is 22.0. The topological polar surface area (TPSA) is 96.0 Å². The van der Waals surface area contributed by atoms with Gasteiger partial charge in [0, 0.05) is 18.2 Å². The Hall–Kier alpha value is -2.35. The number of hydrogen-bond acceptors (Lipinski definition) is 7. The Morgan fingerprint density at radius 1 is 1.19 bits per heavy atom. The van der Waals surface area contributed by atoms with Gasteiger partial charge in [-0.3, -0.25) is 4.79 Å². The van der Waals surface area contributed by atoms with E-state index in [0.29, 0.717) is 30.6 Å². The van der Waals surface area contributed by atoms with Crippen molar-refractivity contribution in [1.29, 1.82) is 0 Å². The molecule has 1 saturated heterocycles. The number of halogens is 2. The molecule has 1 aromatic heterocycles. The maximum Gasteiger partial charge on any atom is 0.283 e. The molecule has 162 valence electrons. The molecule has 2 N–H and O–H groups in total. The number of pyridine rings is 1. The van der Waals surface area contributed by atoms with Crippen LogP contribution in [0.15, 0.2) is 35.5 Å². The fourth-order valence-corrected chi connectivity index (χ4v) is 5.31. The number of hydrogen-bond donors (Lipinski definition) is 1. The van der Waals surface area contributed by atoms with Gasteiger partial charge >= 0.3 is 0 Å². The standard InChI is InChI=1S/C22H21Cl2N3O4/c1-20(2)21(9-29-10-21)22(11-30-19(25)27-22)14-5-12(3-4-17(14)31-20)6-16(28)18-15(24)7-13(23)8-26-18/h3-5,7-8H,6,9-11H2,1-2H3,(H2,25,27). The number of carbonyl (C=O) groups excluding carboxylic acids is 1. The molecule has 0 aliphatic carbocycles. The second-order valence-corrected chi connectivity index (χ2v) is 9.54. The maximum atomic E-state index is 12.9. The van der Waals surface area contributed by atoms with Gasteiger partial charge in [-0.25, -0.2) is 9.98 Å². The molecule has 4 heterocycles. The Morgan fingerprint density at radius 3 is 2.58 bits per heavy atom. The first-order chi connectivity index (χ1) is 14.7. The van der Waals surface area contributed by atoms with Crippen LogP contribution < -0.4 is 10.5 Å². The molecule has 0 saturated carbocycles. The van der Waals surface area contributed by atoms with Crippen LogP contribution in [0.2, 0.25) is 10.0 Å². The number of aliphatic imine (C=N–C) groups is 1. The van der Waals surface area contributed by atoms with E-state index in [4.69, 9.17) is 48.1 Å². The number of aromatic nitrogens is 1. The summed E-state index contributed by atoms with van der Waals surface area (Å²) in [7, 11) is 0. The van der Waals surface area contributed by atoms with E-state index in [9.17, 15) is 4.79 Å². The lowest BCUT2D eigenvalue weighted by atomic mass is 9.55. The van der Waals surface area contributed by atoms with Gasteiger partial charge in [0.05, 0.1) is 28.7 Å². The average Bonchev–Trinajstić information content (AvgIpc) is 3.03. The summed E-state index contributed by atoms with van der Waals surface area (Å²) in [5.74, 6) is 0.489. The van der Waals surface area contributed by atoms with Gasteiger partial charge < -0.3 is 19.9 Å². The van der Waals surface area contributed by atoms with Crippen LogP contribution in [0.1, 0.15) is 35.5 Å². The van der Waals surface area contributed by atoms with E-state index in [1.807, 2.05) is 32.0 Å². The van der Waals surface area contributed by atoms with Crippen LogP contribution in [-0.2, 0) is 21.4 Å². The summed E-state index contributed by atoms with van der Waals surface area (Å²) in [4.78, 5) is 21.7. The van der Waals surface area contributed by atoms with Gasteiger partial charge in [-0.1, -0.05) is 29.3 Å². The quantitative estimate of drug-likeness (QED) is 0.702. The van der Waals surface area contributed by atoms with Crippen LogP contribution in [0.3, 0.4) is 0 Å². The van der Waals surface area contributed by atoms with Crippen molar-refractivity contribution < 1.29 is 19.0 Å². The summed E-state index contributed by atoms with van der Waals surface area (Å²) in [6.07, 6.45) is 1.52. The Kier molecular flexibility index (Phi) is 4.52. The number of fused-ring (bicyclic) bond motifs is 3. The highest BCUT2D eigenvalue weighted by Crippen LogP contribution is 2.62. The van der Waals surface area contributed by atoms with Crippen LogP contribution in [0, 0.1) is 5.41 Å². The summed E-state index contributed by atoms with van der Waals surface area (Å²) in [5, 5.41) is 0.603. The van der Waals surface area contributed by atoms with Crippen molar-refractivity contribution in [2.45, 2.75) is 31.4 Å². The predicted octanol–water partition coefficient (Wildman–Crippen LogP) is 3.54.